The fourth-order valence-electron chi connectivity index (χ4n) is 0.242. The normalized spacial score (nSPS) is 10.7. The molecule has 0 amide bonds. The maximum atomic E-state index is 5.55. The van der Waals surface area contributed by atoms with Crippen LogP contribution in [0.15, 0.2) is 12.5 Å². The number of hydrogen-bond acceptors (Lipinski definition) is 2. The molecule has 0 unspecified atom stereocenters. The van der Waals surface area contributed by atoms with E-state index in [1.807, 2.05) is 0 Å². The smallest absolute Gasteiger partial charge is 0.448 e. The molecule has 0 aliphatic heterocycles. The Hall–Kier alpha value is 0.137. The van der Waals surface area contributed by atoms with Crippen LogP contribution in [-0.2, 0) is 9.16 Å². The summed E-state index contributed by atoms with van der Waals surface area (Å²) < 4.78 is 9.42. The van der Waals surface area contributed by atoms with Crippen molar-refractivity contribution in [2.24, 2.45) is 0 Å². The van der Waals surface area contributed by atoms with Gasteiger partial charge in [0.15, 0.2) is 0 Å². The maximum Gasteiger partial charge on any atom is 0.448 e. The molecule has 0 bridgehead atoms. The molecule has 0 aliphatic carbocycles. The van der Waals surface area contributed by atoms with E-state index >= 15 is 0 Å². The van der Waals surface area contributed by atoms with E-state index in [2.05, 4.69) is 11.3 Å². The van der Waals surface area contributed by atoms with Crippen LogP contribution >= 0.6 is 22.2 Å². The quantitative estimate of drug-likeness (QED) is 0.383. The first-order valence-corrected chi connectivity index (χ1v) is 6.68. The Morgan fingerprint density at radius 1 is 1.56 bits per heavy atom. The summed E-state index contributed by atoms with van der Waals surface area (Å²) >= 11 is 11.1. The van der Waals surface area contributed by atoms with Crippen molar-refractivity contribution in [3.8, 4) is 0 Å². The Morgan fingerprint density at radius 3 is 2.11 bits per heavy atom. The van der Waals surface area contributed by atoms with Gasteiger partial charge in [-0.15, -0.1) is 22.2 Å². The third kappa shape index (κ3) is 6.02. The van der Waals surface area contributed by atoms with E-state index in [-0.39, 0.29) is 5.95 Å². The van der Waals surface area contributed by atoms with Crippen LogP contribution in [-0.4, -0.2) is 14.0 Å². The van der Waals surface area contributed by atoms with Crippen LogP contribution in [0.5, 0.6) is 0 Å². The topological polar surface area (TPSA) is 18.5 Å². The summed E-state index contributed by atoms with van der Waals surface area (Å²) in [6.07, 6.45) is 0. The minimum Gasteiger partial charge on any atom is -0.492 e. The largest absolute Gasteiger partial charge is 0.492 e. The van der Waals surface area contributed by atoms with Gasteiger partial charge in [0, 0.05) is 0 Å². The van der Waals surface area contributed by atoms with E-state index < -0.39 is 6.94 Å². The van der Waals surface area contributed by atoms with E-state index in [1.54, 1.807) is 6.55 Å². The lowest BCUT2D eigenvalue weighted by Crippen LogP contribution is -2.18. The van der Waals surface area contributed by atoms with Crippen molar-refractivity contribution in [3.63, 3.8) is 0 Å². The zero-order chi connectivity index (χ0) is 7.49. The molecule has 0 aromatic heterocycles. The van der Waals surface area contributed by atoms with Gasteiger partial charge in [-0.1, -0.05) is 0 Å². The Labute approximate surface area is 64.9 Å². The molecule has 0 N–H and O–H groups in total. The highest BCUT2D eigenvalue weighted by molar-refractivity contribution is 7.41. The number of rotatable bonds is 3. The van der Waals surface area contributed by atoms with Gasteiger partial charge in [0.1, 0.15) is 0 Å². The molecule has 0 aromatic carbocycles. The van der Waals surface area contributed by atoms with Gasteiger partial charge in [-0.05, 0) is 13.1 Å². The monoisotopic (exact) mass is 186 g/mol. The zero-order valence-electron chi connectivity index (χ0n) is 5.28. The number of ether oxygens (including phenoxy) is 1. The minimum atomic E-state index is -2.52. The third-order valence-electron chi connectivity index (χ3n) is 0.521. The second-order valence-electron chi connectivity index (χ2n) is 1.49. The van der Waals surface area contributed by atoms with Gasteiger partial charge in [0.2, 0.25) is 0 Å². The van der Waals surface area contributed by atoms with Gasteiger partial charge in [-0.3, -0.25) is 0 Å². The first-order valence-electron chi connectivity index (χ1n) is 2.25. The molecule has 0 aliphatic rings. The van der Waals surface area contributed by atoms with E-state index in [1.165, 1.54) is 7.11 Å². The lowest BCUT2D eigenvalue weighted by atomic mass is 11.0. The summed E-state index contributed by atoms with van der Waals surface area (Å²) in [6, 6.07) is 0. The number of halogens is 2. The van der Waals surface area contributed by atoms with Crippen molar-refractivity contribution >= 4 is 29.1 Å². The van der Waals surface area contributed by atoms with Crippen LogP contribution in [0, 0.1) is 0 Å². The van der Waals surface area contributed by atoms with Crippen LogP contribution in [0.4, 0.5) is 0 Å². The van der Waals surface area contributed by atoms with Crippen LogP contribution < -0.4 is 0 Å². The van der Waals surface area contributed by atoms with Crippen LogP contribution in [0.25, 0.3) is 0 Å². The summed E-state index contributed by atoms with van der Waals surface area (Å²) in [4.78, 5) is 0. The minimum absolute atomic E-state index is 0.161. The van der Waals surface area contributed by atoms with Crippen molar-refractivity contribution in [1.29, 1.82) is 0 Å². The highest BCUT2D eigenvalue weighted by atomic mass is 35.7. The molecule has 0 atom stereocenters. The summed E-state index contributed by atoms with van der Waals surface area (Å²) in [5.41, 5.74) is 0. The molecule has 5 heteroatoms. The predicted octanol–water partition coefficient (Wildman–Crippen LogP) is 2.17. The van der Waals surface area contributed by atoms with Crippen molar-refractivity contribution in [2.75, 3.05) is 7.11 Å². The lowest BCUT2D eigenvalue weighted by molar-refractivity contribution is 0.155. The average Bonchev–Trinajstić information content (AvgIpc) is 1.62. The first-order chi connectivity index (χ1) is 3.95. The van der Waals surface area contributed by atoms with Gasteiger partial charge in [-0.2, -0.15) is 0 Å². The van der Waals surface area contributed by atoms with Crippen molar-refractivity contribution in [1.82, 2.24) is 0 Å². The molecule has 54 valence electrons. The maximum absolute atomic E-state index is 5.55. The van der Waals surface area contributed by atoms with Gasteiger partial charge < -0.3 is 9.16 Å². The number of methoxy groups -OCH3 is 1. The Balaban J connectivity index is 3.60. The highest BCUT2D eigenvalue weighted by Crippen LogP contribution is 2.18. The average molecular weight is 187 g/mol. The second kappa shape index (κ2) is 3.34. The summed E-state index contributed by atoms with van der Waals surface area (Å²) in [5, 5.41) is 0. The Bertz CT molecular complexity index is 110. The van der Waals surface area contributed by atoms with Gasteiger partial charge in [-0.25, -0.2) is 0 Å². The lowest BCUT2D eigenvalue weighted by Gasteiger charge is -2.13. The standard InChI is InChI=1S/C4H8Cl2O2Si/c1-4(7-2)8-9(3,5)6/h1H2,2-3H3. The van der Waals surface area contributed by atoms with E-state index in [9.17, 15) is 0 Å². The van der Waals surface area contributed by atoms with Gasteiger partial charge in [0.25, 0.3) is 5.95 Å². The molecule has 0 rings (SSSR count). The molecule has 0 fully saturated rings. The highest BCUT2D eigenvalue weighted by Gasteiger charge is 2.25. The molecular weight excluding hydrogens is 179 g/mol. The molecule has 0 saturated heterocycles. The first kappa shape index (κ1) is 9.14. The SMILES string of the molecule is C=C(OC)O[Si](C)(Cl)Cl. The summed E-state index contributed by atoms with van der Waals surface area (Å²) in [6.45, 7) is 2.47. The van der Waals surface area contributed by atoms with Crippen molar-refractivity contribution in [3.05, 3.63) is 12.5 Å². The zero-order valence-corrected chi connectivity index (χ0v) is 7.79. The van der Waals surface area contributed by atoms with Gasteiger partial charge >= 0.3 is 6.94 Å². The third-order valence-corrected chi connectivity index (χ3v) is 1.57. The summed E-state index contributed by atoms with van der Waals surface area (Å²) in [5.74, 6) is 0.161. The van der Waals surface area contributed by atoms with Crippen LogP contribution in [0.2, 0.25) is 6.55 Å². The molecule has 0 aromatic rings. The molecular formula is C4H8Cl2O2Si. The predicted molar refractivity (Wildman–Crippen MR) is 40.6 cm³/mol. The fraction of sp³-hybridized carbons (Fsp3) is 0.500. The number of hydrogen-bond donors (Lipinski definition) is 0. The molecule has 2 nitrogen and oxygen atoms in total. The summed E-state index contributed by atoms with van der Waals surface area (Å²) in [7, 11) is 1.44. The van der Waals surface area contributed by atoms with Crippen LogP contribution in [0.1, 0.15) is 0 Å². The molecule has 0 spiro atoms. The molecule has 0 radical (unpaired) electrons. The van der Waals surface area contributed by atoms with Crippen molar-refractivity contribution in [2.45, 2.75) is 6.55 Å². The van der Waals surface area contributed by atoms with E-state index in [0.717, 1.165) is 0 Å². The molecule has 9 heavy (non-hydrogen) atoms. The second-order valence-corrected chi connectivity index (χ2v) is 8.21. The van der Waals surface area contributed by atoms with Gasteiger partial charge in [0.05, 0.1) is 7.11 Å². The van der Waals surface area contributed by atoms with E-state index in [0.29, 0.717) is 0 Å². The Kier molecular flexibility index (Phi) is 3.39. The van der Waals surface area contributed by atoms with Crippen LogP contribution in [0.3, 0.4) is 0 Å². The van der Waals surface area contributed by atoms with E-state index in [4.69, 9.17) is 26.6 Å². The van der Waals surface area contributed by atoms with Crippen molar-refractivity contribution < 1.29 is 9.16 Å². The Morgan fingerprint density at radius 2 is 2.00 bits per heavy atom. The molecule has 0 saturated carbocycles. The fourth-order valence-corrected chi connectivity index (χ4v) is 1.24. The molecule has 0 heterocycles.